The van der Waals surface area contributed by atoms with Crippen molar-refractivity contribution >= 4 is 10.0 Å². The third-order valence-electron chi connectivity index (χ3n) is 3.62. The van der Waals surface area contributed by atoms with Gasteiger partial charge in [0.25, 0.3) is 0 Å². The minimum absolute atomic E-state index is 0.195. The largest absolute Gasteiger partial charge is 0.329 e. The first kappa shape index (κ1) is 13.5. The van der Waals surface area contributed by atoms with Crippen molar-refractivity contribution in [2.45, 2.75) is 37.6 Å². The number of rotatable bonds is 7. The molecule has 1 aromatic rings. The van der Waals surface area contributed by atoms with Crippen LogP contribution < -0.4 is 10.5 Å². The highest BCUT2D eigenvalue weighted by molar-refractivity contribution is 7.89. The SMILES string of the molecule is CCC1(CNS(=O)(=O)c2cnn(CCN)c2)CC1. The summed E-state index contributed by atoms with van der Waals surface area (Å²) in [6, 6.07) is 0. The molecule has 7 heteroatoms. The maximum atomic E-state index is 12.0. The Bertz CT molecular complexity index is 505. The fraction of sp³-hybridized carbons (Fsp3) is 0.727. The van der Waals surface area contributed by atoms with Crippen molar-refractivity contribution < 1.29 is 8.42 Å². The molecule has 3 N–H and O–H groups in total. The Labute approximate surface area is 108 Å². The summed E-state index contributed by atoms with van der Waals surface area (Å²) in [5.41, 5.74) is 5.59. The van der Waals surface area contributed by atoms with Gasteiger partial charge < -0.3 is 5.73 Å². The standard InChI is InChI=1S/C11H20N4O2S/c1-2-11(3-4-11)9-14-18(16,17)10-7-13-15(8-10)6-5-12/h7-8,14H,2-6,9,12H2,1H3. The van der Waals surface area contributed by atoms with Crippen molar-refractivity contribution in [1.29, 1.82) is 0 Å². The van der Waals surface area contributed by atoms with Crippen molar-refractivity contribution in [3.63, 3.8) is 0 Å². The molecule has 0 spiro atoms. The number of hydrogen-bond donors (Lipinski definition) is 2. The highest BCUT2D eigenvalue weighted by Crippen LogP contribution is 2.48. The van der Waals surface area contributed by atoms with Gasteiger partial charge in [-0.1, -0.05) is 6.92 Å². The lowest BCUT2D eigenvalue weighted by Gasteiger charge is -2.12. The van der Waals surface area contributed by atoms with Gasteiger partial charge >= 0.3 is 0 Å². The smallest absolute Gasteiger partial charge is 0.243 e. The van der Waals surface area contributed by atoms with Gasteiger partial charge in [0.05, 0.1) is 12.7 Å². The van der Waals surface area contributed by atoms with Crippen molar-refractivity contribution in [3.05, 3.63) is 12.4 Å². The summed E-state index contributed by atoms with van der Waals surface area (Å²) in [6.07, 6.45) is 6.11. The van der Waals surface area contributed by atoms with Gasteiger partial charge in [0.2, 0.25) is 10.0 Å². The van der Waals surface area contributed by atoms with E-state index in [0.29, 0.717) is 19.6 Å². The molecule has 1 aliphatic rings. The number of hydrogen-bond acceptors (Lipinski definition) is 4. The molecule has 0 aromatic carbocycles. The average Bonchev–Trinajstić information content (AvgIpc) is 2.98. The number of nitrogens with zero attached hydrogens (tertiary/aromatic N) is 2. The molecule has 0 radical (unpaired) electrons. The van der Waals surface area contributed by atoms with E-state index in [4.69, 9.17) is 5.73 Å². The van der Waals surface area contributed by atoms with E-state index >= 15 is 0 Å². The maximum Gasteiger partial charge on any atom is 0.243 e. The van der Waals surface area contributed by atoms with Crippen LogP contribution in [0.1, 0.15) is 26.2 Å². The normalized spacial score (nSPS) is 17.9. The van der Waals surface area contributed by atoms with Crippen LogP contribution in [0.25, 0.3) is 0 Å². The van der Waals surface area contributed by atoms with E-state index in [2.05, 4.69) is 16.7 Å². The van der Waals surface area contributed by atoms with Crippen molar-refractivity contribution in [1.82, 2.24) is 14.5 Å². The van der Waals surface area contributed by atoms with E-state index in [1.54, 1.807) is 4.68 Å². The predicted octanol–water partition coefficient (Wildman–Crippen LogP) is 0.310. The summed E-state index contributed by atoms with van der Waals surface area (Å²) < 4.78 is 28.3. The Morgan fingerprint density at radius 1 is 1.56 bits per heavy atom. The van der Waals surface area contributed by atoms with Crippen LogP contribution in [0.5, 0.6) is 0 Å². The van der Waals surface area contributed by atoms with Gasteiger partial charge in [0.15, 0.2) is 0 Å². The zero-order valence-corrected chi connectivity index (χ0v) is 11.4. The second kappa shape index (κ2) is 4.99. The first-order valence-electron chi connectivity index (χ1n) is 6.23. The Morgan fingerprint density at radius 2 is 2.28 bits per heavy atom. The van der Waals surface area contributed by atoms with Gasteiger partial charge in [-0.2, -0.15) is 5.10 Å². The fourth-order valence-corrected chi connectivity index (χ4v) is 3.01. The monoisotopic (exact) mass is 272 g/mol. The lowest BCUT2D eigenvalue weighted by atomic mass is 10.1. The summed E-state index contributed by atoms with van der Waals surface area (Å²) in [5, 5.41) is 3.97. The molecule has 0 bridgehead atoms. The minimum Gasteiger partial charge on any atom is -0.329 e. The van der Waals surface area contributed by atoms with Crippen LogP contribution in [0.4, 0.5) is 0 Å². The number of nitrogens with one attached hydrogen (secondary N) is 1. The van der Waals surface area contributed by atoms with E-state index in [1.807, 2.05) is 0 Å². The van der Waals surface area contributed by atoms with Gasteiger partial charge in [-0.25, -0.2) is 13.1 Å². The highest BCUT2D eigenvalue weighted by Gasteiger charge is 2.41. The van der Waals surface area contributed by atoms with E-state index in [-0.39, 0.29) is 10.3 Å². The van der Waals surface area contributed by atoms with Crippen molar-refractivity contribution in [2.24, 2.45) is 11.1 Å². The van der Waals surface area contributed by atoms with Crippen LogP contribution in [0.3, 0.4) is 0 Å². The number of sulfonamides is 1. The molecule has 0 unspecified atom stereocenters. The summed E-state index contributed by atoms with van der Waals surface area (Å²) in [7, 11) is -3.44. The molecule has 1 fully saturated rings. The Kier molecular flexibility index (Phi) is 3.74. The minimum atomic E-state index is -3.44. The van der Waals surface area contributed by atoms with Crippen molar-refractivity contribution in [2.75, 3.05) is 13.1 Å². The topological polar surface area (TPSA) is 90.0 Å². The third kappa shape index (κ3) is 2.90. The van der Waals surface area contributed by atoms with Crippen LogP contribution in [0.2, 0.25) is 0 Å². The molecule has 102 valence electrons. The number of aromatic nitrogens is 2. The summed E-state index contributed by atoms with van der Waals surface area (Å²) in [4.78, 5) is 0.211. The predicted molar refractivity (Wildman–Crippen MR) is 68.4 cm³/mol. The van der Waals surface area contributed by atoms with Crippen LogP contribution in [0, 0.1) is 5.41 Å². The van der Waals surface area contributed by atoms with E-state index in [9.17, 15) is 8.42 Å². The molecule has 0 aliphatic heterocycles. The van der Waals surface area contributed by atoms with Gasteiger partial charge in [0, 0.05) is 19.3 Å². The van der Waals surface area contributed by atoms with Crippen LogP contribution in [0.15, 0.2) is 17.3 Å². The van der Waals surface area contributed by atoms with Crippen LogP contribution >= 0.6 is 0 Å². The summed E-state index contributed by atoms with van der Waals surface area (Å²) in [5.74, 6) is 0. The molecule has 2 rings (SSSR count). The first-order chi connectivity index (χ1) is 8.51. The van der Waals surface area contributed by atoms with Crippen LogP contribution in [-0.4, -0.2) is 31.3 Å². The summed E-state index contributed by atoms with van der Waals surface area (Å²) in [6.45, 7) is 3.58. The zero-order valence-electron chi connectivity index (χ0n) is 10.6. The molecule has 18 heavy (non-hydrogen) atoms. The molecule has 0 atom stereocenters. The lowest BCUT2D eigenvalue weighted by molar-refractivity contribution is 0.475. The van der Waals surface area contributed by atoms with Gasteiger partial charge in [-0.05, 0) is 24.7 Å². The molecule has 6 nitrogen and oxygen atoms in total. The van der Waals surface area contributed by atoms with Gasteiger partial charge in [0.1, 0.15) is 4.90 Å². The van der Waals surface area contributed by atoms with Gasteiger partial charge in [-0.3, -0.25) is 4.68 Å². The van der Waals surface area contributed by atoms with Crippen molar-refractivity contribution in [3.8, 4) is 0 Å². The molecule has 1 heterocycles. The Balaban J connectivity index is 2.01. The molecule has 1 aromatic heterocycles. The first-order valence-corrected chi connectivity index (χ1v) is 7.72. The lowest BCUT2D eigenvalue weighted by Crippen LogP contribution is -2.29. The molecule has 1 saturated carbocycles. The second-order valence-electron chi connectivity index (χ2n) is 4.91. The van der Waals surface area contributed by atoms with Gasteiger partial charge in [-0.15, -0.1) is 0 Å². The second-order valence-corrected chi connectivity index (χ2v) is 6.67. The zero-order chi connectivity index (χ0) is 13.2. The maximum absolute atomic E-state index is 12.0. The van der Waals surface area contributed by atoms with E-state index in [1.165, 1.54) is 12.4 Å². The highest BCUT2D eigenvalue weighted by atomic mass is 32.2. The quantitative estimate of drug-likeness (QED) is 0.747. The molecular weight excluding hydrogens is 252 g/mol. The third-order valence-corrected chi connectivity index (χ3v) is 4.98. The molecule has 0 saturated heterocycles. The molecule has 1 aliphatic carbocycles. The number of nitrogens with two attached hydrogens (primary N) is 1. The van der Waals surface area contributed by atoms with Crippen LogP contribution in [-0.2, 0) is 16.6 Å². The van der Waals surface area contributed by atoms with E-state index < -0.39 is 10.0 Å². The van der Waals surface area contributed by atoms with E-state index in [0.717, 1.165) is 19.3 Å². The Morgan fingerprint density at radius 3 is 2.83 bits per heavy atom. The molecule has 0 amide bonds. The molecular formula is C11H20N4O2S. The summed E-state index contributed by atoms with van der Waals surface area (Å²) >= 11 is 0. The Hall–Kier alpha value is -0.920. The fourth-order valence-electron chi connectivity index (χ4n) is 1.90. The average molecular weight is 272 g/mol.